The fourth-order valence-electron chi connectivity index (χ4n) is 2.95. The molecule has 0 bridgehead atoms. The molecule has 0 aromatic rings. The summed E-state index contributed by atoms with van der Waals surface area (Å²) in [6.45, 7) is 3.36. The molecule has 1 heterocycles. The van der Waals surface area contributed by atoms with Gasteiger partial charge in [-0.15, -0.1) is 0 Å². The monoisotopic (exact) mass is 289 g/mol. The second-order valence-electron chi connectivity index (χ2n) is 6.02. The molecule has 2 aliphatic rings. The van der Waals surface area contributed by atoms with Gasteiger partial charge in [0.25, 0.3) is 10.2 Å². The van der Waals surface area contributed by atoms with Crippen molar-refractivity contribution >= 4 is 10.2 Å². The molecule has 1 aliphatic carbocycles. The van der Waals surface area contributed by atoms with E-state index in [1.54, 1.807) is 4.31 Å². The van der Waals surface area contributed by atoms with Gasteiger partial charge in [-0.2, -0.15) is 17.4 Å². The molecular weight excluding hydrogens is 262 g/mol. The van der Waals surface area contributed by atoms with Crippen LogP contribution in [0.2, 0.25) is 0 Å². The third-order valence-corrected chi connectivity index (χ3v) is 5.85. The van der Waals surface area contributed by atoms with Gasteiger partial charge in [0.1, 0.15) is 0 Å². The predicted molar refractivity (Wildman–Crippen MR) is 77.1 cm³/mol. The first-order chi connectivity index (χ1) is 9.03. The second-order valence-corrected chi connectivity index (χ2v) is 7.68. The summed E-state index contributed by atoms with van der Waals surface area (Å²) in [5.74, 6) is 0.743. The van der Waals surface area contributed by atoms with Gasteiger partial charge in [-0.05, 0) is 39.2 Å². The minimum absolute atomic E-state index is 0.0506. The highest BCUT2D eigenvalue weighted by Crippen LogP contribution is 2.33. The van der Waals surface area contributed by atoms with E-state index in [2.05, 4.69) is 10.0 Å². The van der Waals surface area contributed by atoms with Crippen LogP contribution in [0.5, 0.6) is 0 Å². The molecule has 6 heteroatoms. The van der Waals surface area contributed by atoms with Crippen LogP contribution in [0.4, 0.5) is 0 Å². The zero-order valence-corrected chi connectivity index (χ0v) is 12.9. The standard InChI is InChI=1S/C13H27N3O2S/c1-11(9-12-6-7-12)15-19(17,18)16-8-4-3-5-13(16)10-14-2/h11-15H,3-10H2,1-2H3. The lowest BCUT2D eigenvalue weighted by molar-refractivity contribution is 0.244. The Labute approximate surface area is 117 Å². The van der Waals surface area contributed by atoms with Crippen molar-refractivity contribution in [3.05, 3.63) is 0 Å². The number of nitrogens with one attached hydrogen (secondary N) is 2. The minimum Gasteiger partial charge on any atom is -0.318 e. The van der Waals surface area contributed by atoms with Crippen LogP contribution in [0.15, 0.2) is 0 Å². The van der Waals surface area contributed by atoms with Gasteiger partial charge in [-0.3, -0.25) is 0 Å². The molecule has 19 heavy (non-hydrogen) atoms. The van der Waals surface area contributed by atoms with Crippen molar-refractivity contribution in [3.8, 4) is 0 Å². The van der Waals surface area contributed by atoms with Crippen LogP contribution in [-0.2, 0) is 10.2 Å². The predicted octanol–water partition coefficient (Wildman–Crippen LogP) is 1.08. The van der Waals surface area contributed by atoms with Crippen LogP contribution in [0.25, 0.3) is 0 Å². The van der Waals surface area contributed by atoms with Crippen LogP contribution in [0.1, 0.15) is 45.4 Å². The van der Waals surface area contributed by atoms with Gasteiger partial charge in [0.2, 0.25) is 0 Å². The summed E-state index contributed by atoms with van der Waals surface area (Å²) >= 11 is 0. The first-order valence-electron chi connectivity index (χ1n) is 7.46. The number of likely N-dealkylation sites (N-methyl/N-ethyl adjacent to an activating group) is 1. The molecule has 1 aliphatic heterocycles. The van der Waals surface area contributed by atoms with E-state index in [1.165, 1.54) is 12.8 Å². The van der Waals surface area contributed by atoms with Gasteiger partial charge in [0.15, 0.2) is 0 Å². The summed E-state index contributed by atoms with van der Waals surface area (Å²) in [6, 6.07) is 0.152. The molecule has 1 saturated heterocycles. The molecule has 2 atom stereocenters. The molecule has 112 valence electrons. The zero-order valence-electron chi connectivity index (χ0n) is 12.1. The minimum atomic E-state index is -3.33. The quantitative estimate of drug-likeness (QED) is 0.737. The van der Waals surface area contributed by atoms with E-state index in [1.807, 2.05) is 14.0 Å². The van der Waals surface area contributed by atoms with E-state index in [0.717, 1.165) is 38.1 Å². The maximum atomic E-state index is 12.5. The average molecular weight is 289 g/mol. The largest absolute Gasteiger partial charge is 0.318 e. The van der Waals surface area contributed by atoms with Crippen molar-refractivity contribution in [2.45, 2.75) is 57.5 Å². The van der Waals surface area contributed by atoms with Crippen molar-refractivity contribution in [1.29, 1.82) is 0 Å². The lowest BCUT2D eigenvalue weighted by Crippen LogP contribution is -2.53. The van der Waals surface area contributed by atoms with Crippen LogP contribution in [0.3, 0.4) is 0 Å². The molecular formula is C13H27N3O2S. The highest BCUT2D eigenvalue weighted by atomic mass is 32.2. The molecule has 0 amide bonds. The van der Waals surface area contributed by atoms with Crippen molar-refractivity contribution in [2.24, 2.45) is 5.92 Å². The van der Waals surface area contributed by atoms with Crippen molar-refractivity contribution in [1.82, 2.24) is 14.3 Å². The van der Waals surface area contributed by atoms with E-state index >= 15 is 0 Å². The third-order valence-electron chi connectivity index (χ3n) is 4.06. The SMILES string of the molecule is CNCC1CCCCN1S(=O)(=O)NC(C)CC1CC1. The Morgan fingerprint density at radius 2 is 2.00 bits per heavy atom. The molecule has 2 unspecified atom stereocenters. The molecule has 2 N–H and O–H groups in total. The molecule has 5 nitrogen and oxygen atoms in total. The van der Waals surface area contributed by atoms with Crippen LogP contribution >= 0.6 is 0 Å². The van der Waals surface area contributed by atoms with Gasteiger partial charge in [0, 0.05) is 25.2 Å². The summed E-state index contributed by atoms with van der Waals surface area (Å²) in [5.41, 5.74) is 0. The van der Waals surface area contributed by atoms with Gasteiger partial charge in [-0.25, -0.2) is 0 Å². The Bertz CT molecular complexity index is 379. The van der Waals surface area contributed by atoms with E-state index in [4.69, 9.17) is 0 Å². The highest BCUT2D eigenvalue weighted by Gasteiger charge is 2.33. The summed E-state index contributed by atoms with van der Waals surface area (Å²) in [6.07, 6.45) is 6.55. The number of nitrogens with zero attached hydrogens (tertiary/aromatic N) is 1. The number of hydrogen-bond acceptors (Lipinski definition) is 3. The zero-order chi connectivity index (χ0) is 13.9. The number of hydrogen-bond donors (Lipinski definition) is 2. The fraction of sp³-hybridized carbons (Fsp3) is 1.00. The average Bonchev–Trinajstić information content (AvgIpc) is 3.13. The van der Waals surface area contributed by atoms with Gasteiger partial charge >= 0.3 is 0 Å². The van der Waals surface area contributed by atoms with Crippen LogP contribution < -0.4 is 10.0 Å². The molecule has 0 aromatic heterocycles. The molecule has 1 saturated carbocycles. The Balaban J connectivity index is 1.94. The van der Waals surface area contributed by atoms with E-state index < -0.39 is 10.2 Å². The van der Waals surface area contributed by atoms with E-state index in [-0.39, 0.29) is 12.1 Å². The van der Waals surface area contributed by atoms with Crippen molar-refractivity contribution in [2.75, 3.05) is 20.1 Å². The normalized spacial score (nSPS) is 27.4. The molecule has 0 aromatic carbocycles. The van der Waals surface area contributed by atoms with E-state index in [0.29, 0.717) is 6.54 Å². The molecule has 2 rings (SSSR count). The van der Waals surface area contributed by atoms with Crippen LogP contribution in [0, 0.1) is 5.92 Å². The van der Waals surface area contributed by atoms with Gasteiger partial charge in [0.05, 0.1) is 0 Å². The first-order valence-corrected chi connectivity index (χ1v) is 8.90. The second kappa shape index (κ2) is 6.52. The Morgan fingerprint density at radius 3 is 2.63 bits per heavy atom. The first kappa shape index (κ1) is 15.2. The Morgan fingerprint density at radius 1 is 1.26 bits per heavy atom. The van der Waals surface area contributed by atoms with Crippen LogP contribution in [-0.4, -0.2) is 44.9 Å². The number of rotatable bonds is 7. The Kier molecular flexibility index (Phi) is 5.22. The summed E-state index contributed by atoms with van der Waals surface area (Å²) in [5, 5.41) is 3.10. The molecule has 0 radical (unpaired) electrons. The Hall–Kier alpha value is -0.170. The topological polar surface area (TPSA) is 61.4 Å². The third kappa shape index (κ3) is 4.41. The summed E-state index contributed by atoms with van der Waals surface area (Å²) in [7, 11) is -1.45. The van der Waals surface area contributed by atoms with E-state index in [9.17, 15) is 8.42 Å². The maximum absolute atomic E-state index is 12.5. The smallest absolute Gasteiger partial charge is 0.279 e. The summed E-state index contributed by atoms with van der Waals surface area (Å²) < 4.78 is 29.5. The van der Waals surface area contributed by atoms with Crippen molar-refractivity contribution < 1.29 is 8.42 Å². The van der Waals surface area contributed by atoms with Gasteiger partial charge in [-0.1, -0.05) is 19.3 Å². The lowest BCUT2D eigenvalue weighted by Gasteiger charge is -2.35. The molecule has 0 spiro atoms. The lowest BCUT2D eigenvalue weighted by atomic mass is 10.1. The number of piperidine rings is 1. The molecule has 2 fully saturated rings. The maximum Gasteiger partial charge on any atom is 0.279 e. The van der Waals surface area contributed by atoms with Gasteiger partial charge < -0.3 is 5.32 Å². The summed E-state index contributed by atoms with van der Waals surface area (Å²) in [4.78, 5) is 0. The van der Waals surface area contributed by atoms with Crippen molar-refractivity contribution in [3.63, 3.8) is 0 Å². The fourth-order valence-corrected chi connectivity index (χ4v) is 4.64. The highest BCUT2D eigenvalue weighted by molar-refractivity contribution is 7.87.